The predicted molar refractivity (Wildman–Crippen MR) is 72.7 cm³/mol. The lowest BCUT2D eigenvalue weighted by Crippen LogP contribution is -1.92. The number of benzene rings is 1. The van der Waals surface area contributed by atoms with Gasteiger partial charge in [0, 0.05) is 6.07 Å². The minimum absolute atomic E-state index is 0.241. The summed E-state index contributed by atoms with van der Waals surface area (Å²) in [6.45, 7) is 4.06. The van der Waals surface area contributed by atoms with Crippen molar-refractivity contribution < 1.29 is 4.92 Å². The number of hydrogen-bond donors (Lipinski definition) is 0. The molecule has 0 bridgehead atoms. The van der Waals surface area contributed by atoms with Crippen LogP contribution in [-0.4, -0.2) is 10.7 Å². The maximum atomic E-state index is 10.9. The third-order valence-corrected chi connectivity index (χ3v) is 3.72. The molecule has 17 heavy (non-hydrogen) atoms. The largest absolute Gasteiger partial charge is 0.283 e. The summed E-state index contributed by atoms with van der Waals surface area (Å²) in [7, 11) is 0. The molecule has 1 aromatic carbocycles. The molecule has 0 saturated heterocycles. The van der Waals surface area contributed by atoms with Gasteiger partial charge in [-0.15, -0.1) is 11.8 Å². The molecule has 1 aromatic rings. The van der Waals surface area contributed by atoms with Crippen molar-refractivity contribution in [1.29, 1.82) is 0 Å². The number of unbranched alkanes of at least 4 members (excludes halogenated alkanes) is 3. The highest BCUT2D eigenvalue weighted by Gasteiger charge is 2.13. The molecule has 0 saturated carbocycles. The van der Waals surface area contributed by atoms with E-state index in [0.717, 1.165) is 22.6 Å². The first kappa shape index (κ1) is 14.0. The zero-order valence-electron chi connectivity index (χ0n) is 10.4. The Labute approximate surface area is 107 Å². The van der Waals surface area contributed by atoms with Crippen molar-refractivity contribution in [1.82, 2.24) is 0 Å². The van der Waals surface area contributed by atoms with Gasteiger partial charge in [-0.25, -0.2) is 0 Å². The Hall–Kier alpha value is -1.03. The van der Waals surface area contributed by atoms with Crippen LogP contribution in [-0.2, 0) is 0 Å². The van der Waals surface area contributed by atoms with Gasteiger partial charge in [0.15, 0.2) is 0 Å². The summed E-state index contributed by atoms with van der Waals surface area (Å²) in [5.74, 6) is 0.962. The second-order valence-electron chi connectivity index (χ2n) is 4.14. The Kier molecular flexibility index (Phi) is 6.05. The molecular formula is C13H19NO2S. The van der Waals surface area contributed by atoms with E-state index in [9.17, 15) is 10.1 Å². The standard InChI is InChI=1S/C13H19NO2S/c1-3-4-5-6-9-17-13-8-7-11(2)10-12(13)14(15)16/h7-8,10H,3-6,9H2,1-2H3. The van der Waals surface area contributed by atoms with Crippen molar-refractivity contribution in [2.75, 3.05) is 5.75 Å². The van der Waals surface area contributed by atoms with Gasteiger partial charge in [0.05, 0.1) is 9.82 Å². The number of nitro groups is 1. The smallest absolute Gasteiger partial charge is 0.258 e. The molecule has 0 spiro atoms. The molecule has 0 atom stereocenters. The van der Waals surface area contributed by atoms with Gasteiger partial charge in [-0.3, -0.25) is 10.1 Å². The van der Waals surface area contributed by atoms with Gasteiger partial charge < -0.3 is 0 Å². The topological polar surface area (TPSA) is 43.1 Å². The molecule has 0 radical (unpaired) electrons. The third kappa shape index (κ3) is 4.77. The molecule has 0 aromatic heterocycles. The van der Waals surface area contributed by atoms with Crippen LogP contribution in [0.1, 0.15) is 38.2 Å². The maximum Gasteiger partial charge on any atom is 0.283 e. The van der Waals surface area contributed by atoms with Crippen LogP contribution in [0.4, 0.5) is 5.69 Å². The number of rotatable bonds is 7. The van der Waals surface area contributed by atoms with E-state index in [1.807, 2.05) is 19.1 Å². The first-order valence-electron chi connectivity index (χ1n) is 6.03. The lowest BCUT2D eigenvalue weighted by Gasteiger charge is -2.03. The molecule has 1 rings (SSSR count). The second kappa shape index (κ2) is 7.33. The Balaban J connectivity index is 2.55. The predicted octanol–water partition coefficient (Wildman–Crippen LogP) is 4.58. The van der Waals surface area contributed by atoms with E-state index in [1.54, 1.807) is 17.8 Å². The van der Waals surface area contributed by atoms with Crippen molar-refractivity contribution >= 4 is 17.4 Å². The summed E-state index contributed by atoms with van der Waals surface area (Å²) in [5, 5.41) is 10.9. The van der Waals surface area contributed by atoms with E-state index in [-0.39, 0.29) is 10.6 Å². The van der Waals surface area contributed by atoms with E-state index < -0.39 is 0 Å². The van der Waals surface area contributed by atoms with Gasteiger partial charge in [-0.2, -0.15) is 0 Å². The summed E-state index contributed by atoms with van der Waals surface area (Å²) in [4.78, 5) is 11.4. The van der Waals surface area contributed by atoms with Crippen LogP contribution < -0.4 is 0 Å². The Morgan fingerprint density at radius 1 is 1.29 bits per heavy atom. The Morgan fingerprint density at radius 2 is 2.06 bits per heavy atom. The summed E-state index contributed by atoms with van der Waals surface area (Å²) in [5.41, 5.74) is 1.18. The third-order valence-electron chi connectivity index (χ3n) is 2.57. The monoisotopic (exact) mass is 253 g/mol. The van der Waals surface area contributed by atoms with E-state index >= 15 is 0 Å². The molecule has 0 aliphatic carbocycles. The Morgan fingerprint density at radius 3 is 2.71 bits per heavy atom. The van der Waals surface area contributed by atoms with Crippen molar-refractivity contribution in [3.8, 4) is 0 Å². The van der Waals surface area contributed by atoms with Crippen LogP contribution in [0.25, 0.3) is 0 Å². The molecule has 3 nitrogen and oxygen atoms in total. The number of thioether (sulfide) groups is 1. The summed E-state index contributed by atoms with van der Waals surface area (Å²) >= 11 is 1.59. The van der Waals surface area contributed by atoms with Gasteiger partial charge >= 0.3 is 0 Å². The highest BCUT2D eigenvalue weighted by atomic mass is 32.2. The first-order valence-corrected chi connectivity index (χ1v) is 7.01. The fourth-order valence-electron chi connectivity index (χ4n) is 1.60. The van der Waals surface area contributed by atoms with Gasteiger partial charge in [-0.1, -0.05) is 32.3 Å². The molecule has 0 fully saturated rings. The quantitative estimate of drug-likeness (QED) is 0.309. The fourth-order valence-corrected chi connectivity index (χ4v) is 2.62. The summed E-state index contributed by atoms with van der Waals surface area (Å²) < 4.78 is 0. The fraction of sp³-hybridized carbons (Fsp3) is 0.538. The number of nitrogens with zero attached hydrogens (tertiary/aromatic N) is 1. The molecule has 0 N–H and O–H groups in total. The number of hydrogen-bond acceptors (Lipinski definition) is 3. The van der Waals surface area contributed by atoms with Crippen molar-refractivity contribution in [2.45, 2.75) is 44.4 Å². The van der Waals surface area contributed by atoms with E-state index in [4.69, 9.17) is 0 Å². The molecule has 0 amide bonds. The zero-order chi connectivity index (χ0) is 12.7. The SMILES string of the molecule is CCCCCCSc1ccc(C)cc1[N+](=O)[O-]. The van der Waals surface area contributed by atoms with E-state index in [0.29, 0.717) is 0 Å². The van der Waals surface area contributed by atoms with E-state index in [2.05, 4.69) is 6.92 Å². The normalized spacial score (nSPS) is 10.5. The number of aryl methyl sites for hydroxylation is 1. The van der Waals surface area contributed by atoms with Crippen LogP contribution >= 0.6 is 11.8 Å². The zero-order valence-corrected chi connectivity index (χ0v) is 11.3. The lowest BCUT2D eigenvalue weighted by atomic mass is 10.2. The lowest BCUT2D eigenvalue weighted by molar-refractivity contribution is -0.387. The molecule has 0 aliphatic heterocycles. The average molecular weight is 253 g/mol. The average Bonchev–Trinajstić information content (AvgIpc) is 2.30. The van der Waals surface area contributed by atoms with Crippen LogP contribution in [0.15, 0.2) is 23.1 Å². The summed E-state index contributed by atoms with van der Waals surface area (Å²) in [6, 6.07) is 5.44. The highest BCUT2D eigenvalue weighted by Crippen LogP contribution is 2.30. The first-order chi connectivity index (χ1) is 8.15. The van der Waals surface area contributed by atoms with Crippen LogP contribution in [0.2, 0.25) is 0 Å². The minimum Gasteiger partial charge on any atom is -0.258 e. The summed E-state index contributed by atoms with van der Waals surface area (Å²) in [6.07, 6.45) is 4.80. The van der Waals surface area contributed by atoms with Gasteiger partial charge in [0.2, 0.25) is 0 Å². The Bertz CT molecular complexity index is 380. The molecule has 94 valence electrons. The minimum atomic E-state index is -0.290. The van der Waals surface area contributed by atoms with E-state index in [1.165, 1.54) is 19.3 Å². The van der Waals surface area contributed by atoms with Gasteiger partial charge in [0.1, 0.15) is 0 Å². The van der Waals surface area contributed by atoms with Crippen LogP contribution in [0.3, 0.4) is 0 Å². The molecule has 4 heteroatoms. The molecular weight excluding hydrogens is 234 g/mol. The molecule has 0 unspecified atom stereocenters. The number of nitro benzene ring substituents is 1. The molecule has 0 heterocycles. The van der Waals surface area contributed by atoms with Crippen LogP contribution in [0.5, 0.6) is 0 Å². The molecule has 0 aliphatic rings. The van der Waals surface area contributed by atoms with Crippen molar-refractivity contribution in [3.05, 3.63) is 33.9 Å². The highest BCUT2D eigenvalue weighted by molar-refractivity contribution is 7.99. The maximum absolute atomic E-state index is 10.9. The van der Waals surface area contributed by atoms with Crippen LogP contribution in [0, 0.1) is 17.0 Å². The van der Waals surface area contributed by atoms with Gasteiger partial charge in [0.25, 0.3) is 5.69 Å². The second-order valence-corrected chi connectivity index (χ2v) is 5.27. The van der Waals surface area contributed by atoms with Gasteiger partial charge in [-0.05, 0) is 30.7 Å². The van der Waals surface area contributed by atoms with Crippen molar-refractivity contribution in [3.63, 3.8) is 0 Å². The van der Waals surface area contributed by atoms with Crippen molar-refractivity contribution in [2.24, 2.45) is 0 Å².